The van der Waals surface area contributed by atoms with E-state index < -0.39 is 0 Å². The Morgan fingerprint density at radius 1 is 0.774 bits per heavy atom. The van der Waals surface area contributed by atoms with Crippen molar-refractivity contribution in [1.82, 2.24) is 0 Å². The van der Waals surface area contributed by atoms with Crippen LogP contribution in [0.1, 0.15) is 127 Å². The van der Waals surface area contributed by atoms with Crippen LogP contribution in [-0.2, 0) is 0 Å². The molecule has 4 rings (SSSR count). The molecule has 2 nitrogen and oxygen atoms in total. The minimum Gasteiger partial charge on any atom is -0.396 e. The summed E-state index contributed by atoms with van der Waals surface area (Å²) in [6.07, 6.45) is 12.7. The molecule has 9 atom stereocenters. The highest BCUT2D eigenvalue weighted by Crippen LogP contribution is 2.68. The van der Waals surface area contributed by atoms with E-state index in [4.69, 9.17) is 0 Å². The molecule has 4 aliphatic carbocycles. The molecule has 0 amide bonds. The van der Waals surface area contributed by atoms with Crippen molar-refractivity contribution in [1.29, 1.82) is 0 Å². The third-order valence-corrected chi connectivity index (χ3v) is 9.98. The Balaban J connectivity index is 0.000000739. The molecule has 0 bridgehead atoms. The molecule has 186 valence electrons. The van der Waals surface area contributed by atoms with Crippen LogP contribution in [-0.4, -0.2) is 22.9 Å². The summed E-state index contributed by atoms with van der Waals surface area (Å²) >= 11 is 0. The number of rotatable bonds is 3. The lowest BCUT2D eigenvalue weighted by molar-refractivity contribution is -0.129. The van der Waals surface area contributed by atoms with Crippen LogP contribution in [0.4, 0.5) is 0 Å². The van der Waals surface area contributed by atoms with Gasteiger partial charge in [-0.3, -0.25) is 0 Å². The van der Waals surface area contributed by atoms with Crippen molar-refractivity contribution >= 4 is 0 Å². The van der Waals surface area contributed by atoms with Crippen LogP contribution < -0.4 is 0 Å². The second kappa shape index (κ2) is 13.0. The summed E-state index contributed by atoms with van der Waals surface area (Å²) in [5.74, 6) is 5.03. The summed E-state index contributed by atoms with van der Waals surface area (Å²) in [6.45, 7) is 19.9. The van der Waals surface area contributed by atoms with Gasteiger partial charge in [0.1, 0.15) is 0 Å². The zero-order valence-electron chi connectivity index (χ0n) is 22.7. The van der Waals surface area contributed by atoms with E-state index in [1.54, 1.807) is 0 Å². The molecule has 0 spiro atoms. The fraction of sp³-hybridized carbons (Fsp3) is 1.00. The van der Waals surface area contributed by atoms with E-state index in [-0.39, 0.29) is 6.10 Å². The van der Waals surface area contributed by atoms with Crippen molar-refractivity contribution in [2.45, 2.75) is 133 Å². The Labute approximate surface area is 196 Å². The predicted octanol–water partition coefficient (Wildman–Crippen LogP) is 8.10. The lowest BCUT2D eigenvalue weighted by Gasteiger charge is -2.61. The van der Waals surface area contributed by atoms with Crippen LogP contribution >= 0.6 is 0 Å². The first-order chi connectivity index (χ1) is 14.9. The molecule has 0 aromatic carbocycles. The van der Waals surface area contributed by atoms with Crippen molar-refractivity contribution in [2.75, 3.05) is 6.61 Å². The fourth-order valence-electron chi connectivity index (χ4n) is 8.62. The highest BCUT2D eigenvalue weighted by molar-refractivity contribution is 5.09. The summed E-state index contributed by atoms with van der Waals surface area (Å²) in [6, 6.07) is 0. The molecule has 0 aromatic rings. The minimum atomic E-state index is -0.0290. The molecule has 2 N–H and O–H groups in total. The highest BCUT2D eigenvalue weighted by atomic mass is 16.3. The molecule has 31 heavy (non-hydrogen) atoms. The molecular formula is C29H58O2. The molecule has 4 saturated carbocycles. The lowest BCUT2D eigenvalue weighted by atomic mass is 9.44. The fourth-order valence-corrected chi connectivity index (χ4v) is 8.62. The molecule has 0 heterocycles. The molecule has 0 saturated heterocycles. The first-order valence-corrected chi connectivity index (χ1v) is 14.2. The molecule has 0 radical (unpaired) electrons. The summed E-state index contributed by atoms with van der Waals surface area (Å²) < 4.78 is 0. The minimum absolute atomic E-state index is 0.0290. The van der Waals surface area contributed by atoms with Crippen molar-refractivity contribution < 1.29 is 10.2 Å². The Kier molecular flexibility index (Phi) is 12.1. The van der Waals surface area contributed by atoms with Gasteiger partial charge in [0.2, 0.25) is 0 Å². The summed E-state index contributed by atoms with van der Waals surface area (Å²) in [7, 11) is 0. The van der Waals surface area contributed by atoms with Gasteiger partial charge in [-0.15, -0.1) is 0 Å². The van der Waals surface area contributed by atoms with Gasteiger partial charge in [-0.25, -0.2) is 0 Å². The second-order valence-electron chi connectivity index (χ2n) is 10.8. The SMILES string of the molecule is CC.CC.CC.C[C@H](CCO)C1CCC2C3CCC4CC(O)CCC4(C)C3CCC21C. The maximum atomic E-state index is 10.2. The molecule has 0 aliphatic heterocycles. The lowest BCUT2D eigenvalue weighted by Crippen LogP contribution is -2.54. The van der Waals surface area contributed by atoms with Gasteiger partial charge in [0, 0.05) is 6.61 Å². The third kappa shape index (κ3) is 5.53. The van der Waals surface area contributed by atoms with E-state index in [1.807, 2.05) is 41.5 Å². The van der Waals surface area contributed by atoms with Crippen molar-refractivity contribution in [3.05, 3.63) is 0 Å². The topological polar surface area (TPSA) is 40.5 Å². The van der Waals surface area contributed by atoms with Crippen LogP contribution in [0.3, 0.4) is 0 Å². The van der Waals surface area contributed by atoms with E-state index in [2.05, 4.69) is 20.8 Å². The quantitative estimate of drug-likeness (QED) is 0.467. The number of fused-ring (bicyclic) bond motifs is 5. The second-order valence-corrected chi connectivity index (χ2v) is 10.8. The van der Waals surface area contributed by atoms with Crippen LogP contribution in [0.25, 0.3) is 0 Å². The van der Waals surface area contributed by atoms with Gasteiger partial charge in [-0.2, -0.15) is 0 Å². The van der Waals surface area contributed by atoms with Crippen LogP contribution in [0.5, 0.6) is 0 Å². The third-order valence-electron chi connectivity index (χ3n) is 9.98. The van der Waals surface area contributed by atoms with Crippen LogP contribution in [0.15, 0.2) is 0 Å². The zero-order valence-corrected chi connectivity index (χ0v) is 22.7. The molecule has 4 fully saturated rings. The van der Waals surface area contributed by atoms with E-state index in [1.165, 1.54) is 44.9 Å². The maximum absolute atomic E-state index is 10.2. The van der Waals surface area contributed by atoms with Crippen LogP contribution in [0, 0.1) is 46.3 Å². The number of aliphatic hydroxyl groups is 2. The number of aliphatic hydroxyl groups excluding tert-OH is 2. The molecular weight excluding hydrogens is 380 g/mol. The smallest absolute Gasteiger partial charge is 0.0543 e. The molecule has 4 aliphatic rings. The van der Waals surface area contributed by atoms with E-state index in [0.29, 0.717) is 23.4 Å². The highest BCUT2D eigenvalue weighted by Gasteiger charge is 2.60. The van der Waals surface area contributed by atoms with Gasteiger partial charge in [-0.05, 0) is 111 Å². The first kappa shape index (κ1) is 29.0. The molecule has 8 unspecified atom stereocenters. The maximum Gasteiger partial charge on any atom is 0.0543 e. The molecule has 2 heteroatoms. The summed E-state index contributed by atoms with van der Waals surface area (Å²) in [5.41, 5.74) is 1.02. The van der Waals surface area contributed by atoms with Crippen LogP contribution in [0.2, 0.25) is 0 Å². The Bertz CT molecular complexity index is 491. The monoisotopic (exact) mass is 438 g/mol. The molecule has 0 aromatic heterocycles. The number of hydrogen-bond donors (Lipinski definition) is 2. The van der Waals surface area contributed by atoms with Gasteiger partial charge in [0.05, 0.1) is 6.10 Å². The normalized spacial score (nSPS) is 43.8. The number of hydrogen-bond acceptors (Lipinski definition) is 2. The van der Waals surface area contributed by atoms with Crippen molar-refractivity contribution in [3.63, 3.8) is 0 Å². The van der Waals surface area contributed by atoms with E-state index in [0.717, 1.165) is 48.9 Å². The average molecular weight is 439 g/mol. The standard InChI is InChI=1S/C23H40O2.3C2H6/c1-15(10-13-24)19-6-7-20-18-5-4-16-14-17(25)8-11-22(16,2)21(18)9-12-23(19,20)3;3*1-2/h15-21,24-25H,4-14H2,1-3H3;3*1-2H3/t15-,16?,17?,18?,19?,20?,21?,22?,23?;;;/m1.../s1. The Hall–Kier alpha value is -0.0800. The van der Waals surface area contributed by atoms with E-state index in [9.17, 15) is 10.2 Å². The summed E-state index contributed by atoms with van der Waals surface area (Å²) in [5, 5.41) is 19.6. The predicted molar refractivity (Wildman–Crippen MR) is 136 cm³/mol. The van der Waals surface area contributed by atoms with Crippen molar-refractivity contribution in [2.24, 2.45) is 46.3 Å². The largest absolute Gasteiger partial charge is 0.396 e. The Morgan fingerprint density at radius 3 is 1.97 bits per heavy atom. The van der Waals surface area contributed by atoms with Gasteiger partial charge >= 0.3 is 0 Å². The Morgan fingerprint density at radius 2 is 1.35 bits per heavy atom. The van der Waals surface area contributed by atoms with Gasteiger partial charge < -0.3 is 10.2 Å². The zero-order chi connectivity index (χ0) is 23.8. The average Bonchev–Trinajstić information content (AvgIpc) is 3.16. The summed E-state index contributed by atoms with van der Waals surface area (Å²) in [4.78, 5) is 0. The van der Waals surface area contributed by atoms with E-state index >= 15 is 0 Å². The van der Waals surface area contributed by atoms with Gasteiger partial charge in [0.15, 0.2) is 0 Å². The first-order valence-electron chi connectivity index (χ1n) is 14.2. The van der Waals surface area contributed by atoms with Gasteiger partial charge in [0.25, 0.3) is 0 Å². The van der Waals surface area contributed by atoms with Crippen molar-refractivity contribution in [3.8, 4) is 0 Å². The van der Waals surface area contributed by atoms with Gasteiger partial charge in [-0.1, -0.05) is 62.3 Å².